The van der Waals surface area contributed by atoms with E-state index in [9.17, 15) is 27.2 Å². The second kappa shape index (κ2) is 8.44. The van der Waals surface area contributed by atoms with Gasteiger partial charge in [-0.15, -0.1) is 0 Å². The predicted molar refractivity (Wildman–Crippen MR) is 67.3 cm³/mol. The van der Waals surface area contributed by atoms with Gasteiger partial charge in [-0.05, 0) is 38.3 Å². The second-order valence-corrected chi connectivity index (χ2v) is 5.07. The lowest BCUT2D eigenvalue weighted by molar-refractivity contribution is -0.157. The van der Waals surface area contributed by atoms with Crippen LogP contribution in [0.4, 0.5) is 17.6 Å². The molecule has 20 heavy (non-hydrogen) atoms. The van der Waals surface area contributed by atoms with Gasteiger partial charge >= 0.3 is 5.97 Å². The SMILES string of the molecule is CCC(C)(C(=O)Cl)C(F)F.CCC(C)(C(=O)O)C(F)F. The highest BCUT2D eigenvalue weighted by molar-refractivity contribution is 6.64. The molecule has 0 aromatic carbocycles. The molecule has 0 heterocycles. The largest absolute Gasteiger partial charge is 0.481 e. The Morgan fingerprint density at radius 3 is 1.30 bits per heavy atom. The third-order valence-electron chi connectivity index (χ3n) is 3.37. The maximum absolute atomic E-state index is 12.0. The first kappa shape index (κ1) is 21.4. The molecule has 0 aromatic heterocycles. The Balaban J connectivity index is 0. The molecule has 0 radical (unpaired) electrons. The van der Waals surface area contributed by atoms with Crippen molar-refractivity contribution in [2.75, 3.05) is 0 Å². The molecule has 2 atom stereocenters. The summed E-state index contributed by atoms with van der Waals surface area (Å²) >= 11 is 4.96. The molecule has 2 unspecified atom stereocenters. The fourth-order valence-electron chi connectivity index (χ4n) is 0.778. The van der Waals surface area contributed by atoms with Crippen LogP contribution in [0.5, 0.6) is 0 Å². The van der Waals surface area contributed by atoms with E-state index in [1.165, 1.54) is 13.8 Å². The zero-order valence-corrected chi connectivity index (χ0v) is 12.5. The first-order chi connectivity index (χ1) is 8.89. The molecular weight excluding hydrogens is 304 g/mol. The molecule has 0 saturated heterocycles. The van der Waals surface area contributed by atoms with Crippen LogP contribution in [0.2, 0.25) is 0 Å². The summed E-state index contributed by atoms with van der Waals surface area (Å²) in [5.41, 5.74) is -3.54. The fourth-order valence-corrected chi connectivity index (χ4v) is 0.994. The number of alkyl halides is 4. The Morgan fingerprint density at radius 1 is 1.00 bits per heavy atom. The second-order valence-electron chi connectivity index (χ2n) is 4.72. The third-order valence-corrected chi connectivity index (χ3v) is 3.80. The first-order valence-electron chi connectivity index (χ1n) is 5.89. The smallest absolute Gasteiger partial charge is 0.315 e. The molecule has 0 saturated carbocycles. The monoisotopic (exact) mass is 322 g/mol. The number of halogens is 5. The average molecular weight is 323 g/mol. The number of carbonyl (C=O) groups excluding carboxylic acids is 1. The van der Waals surface area contributed by atoms with Crippen LogP contribution in [-0.2, 0) is 9.59 Å². The molecule has 0 aromatic rings. The van der Waals surface area contributed by atoms with Crippen LogP contribution in [0.3, 0.4) is 0 Å². The van der Waals surface area contributed by atoms with Crippen molar-refractivity contribution in [3.05, 3.63) is 0 Å². The molecule has 120 valence electrons. The molecular formula is C12H19ClF4O3. The Labute approximate surface area is 120 Å². The van der Waals surface area contributed by atoms with Gasteiger partial charge in [0.1, 0.15) is 10.8 Å². The summed E-state index contributed by atoms with van der Waals surface area (Å²) in [4.78, 5) is 20.6. The summed E-state index contributed by atoms with van der Waals surface area (Å²) in [5, 5.41) is 7.36. The summed E-state index contributed by atoms with van der Waals surface area (Å²) in [6.07, 6.45) is -5.47. The predicted octanol–water partition coefficient (Wildman–Crippen LogP) is 4.19. The van der Waals surface area contributed by atoms with Crippen molar-refractivity contribution in [2.24, 2.45) is 10.8 Å². The van der Waals surface area contributed by atoms with Gasteiger partial charge in [-0.3, -0.25) is 9.59 Å². The van der Waals surface area contributed by atoms with Crippen LogP contribution in [-0.4, -0.2) is 29.2 Å². The fraction of sp³-hybridized carbons (Fsp3) is 0.833. The Hall–Kier alpha value is -0.850. The van der Waals surface area contributed by atoms with E-state index >= 15 is 0 Å². The van der Waals surface area contributed by atoms with Crippen molar-refractivity contribution in [2.45, 2.75) is 53.4 Å². The topological polar surface area (TPSA) is 54.4 Å². The van der Waals surface area contributed by atoms with Crippen molar-refractivity contribution in [1.29, 1.82) is 0 Å². The summed E-state index contributed by atoms with van der Waals surface area (Å²) in [6.45, 7) is 5.14. The summed E-state index contributed by atoms with van der Waals surface area (Å²) in [5.74, 6) is -1.44. The van der Waals surface area contributed by atoms with Crippen LogP contribution in [0, 0.1) is 10.8 Å². The van der Waals surface area contributed by atoms with E-state index in [1.807, 2.05) is 0 Å². The molecule has 0 aliphatic rings. The molecule has 3 nitrogen and oxygen atoms in total. The lowest BCUT2D eigenvalue weighted by atomic mass is 9.88. The van der Waals surface area contributed by atoms with Crippen LogP contribution >= 0.6 is 11.6 Å². The number of rotatable bonds is 6. The summed E-state index contributed by atoms with van der Waals surface area (Å²) in [6, 6.07) is 0. The van der Waals surface area contributed by atoms with E-state index in [4.69, 9.17) is 16.7 Å². The van der Waals surface area contributed by atoms with Gasteiger partial charge in [0, 0.05) is 0 Å². The Morgan fingerprint density at radius 2 is 1.30 bits per heavy atom. The summed E-state index contributed by atoms with van der Waals surface area (Å²) in [7, 11) is 0. The highest BCUT2D eigenvalue weighted by Gasteiger charge is 2.41. The van der Waals surface area contributed by atoms with Gasteiger partial charge in [0.15, 0.2) is 0 Å². The van der Waals surface area contributed by atoms with Crippen LogP contribution in [0.15, 0.2) is 0 Å². The molecule has 0 bridgehead atoms. The van der Waals surface area contributed by atoms with Gasteiger partial charge in [-0.1, -0.05) is 13.8 Å². The number of carbonyl (C=O) groups is 2. The van der Waals surface area contributed by atoms with Crippen LogP contribution in [0.25, 0.3) is 0 Å². The number of hydrogen-bond donors (Lipinski definition) is 1. The Kier molecular flexibility index (Phi) is 9.05. The van der Waals surface area contributed by atoms with Crippen molar-refractivity contribution in [3.63, 3.8) is 0 Å². The maximum atomic E-state index is 12.0. The van der Waals surface area contributed by atoms with Gasteiger partial charge in [-0.2, -0.15) is 0 Å². The highest BCUT2D eigenvalue weighted by Crippen LogP contribution is 2.31. The van der Waals surface area contributed by atoms with Crippen molar-refractivity contribution >= 4 is 22.8 Å². The molecule has 0 amide bonds. The molecule has 1 N–H and O–H groups in total. The van der Waals surface area contributed by atoms with Gasteiger partial charge in [0.25, 0.3) is 12.9 Å². The molecule has 0 aliphatic carbocycles. The molecule has 0 aliphatic heterocycles. The van der Waals surface area contributed by atoms with Gasteiger partial charge < -0.3 is 5.11 Å². The van der Waals surface area contributed by atoms with E-state index in [2.05, 4.69) is 0 Å². The van der Waals surface area contributed by atoms with E-state index in [-0.39, 0.29) is 12.8 Å². The Bertz CT molecular complexity index is 307. The normalized spacial score (nSPS) is 16.9. The zero-order valence-electron chi connectivity index (χ0n) is 11.7. The lowest BCUT2D eigenvalue weighted by Crippen LogP contribution is -2.34. The molecule has 8 heteroatoms. The lowest BCUT2D eigenvalue weighted by Gasteiger charge is -2.21. The zero-order chi connectivity index (χ0) is 16.7. The van der Waals surface area contributed by atoms with Crippen molar-refractivity contribution < 1.29 is 32.3 Å². The minimum atomic E-state index is -2.80. The summed E-state index contributed by atoms with van der Waals surface area (Å²) < 4.78 is 48.0. The first-order valence-corrected chi connectivity index (χ1v) is 6.27. The average Bonchev–Trinajstić information content (AvgIpc) is 2.36. The number of carboxylic acid groups (broad SMARTS) is 1. The number of hydrogen-bond acceptors (Lipinski definition) is 2. The molecule has 0 spiro atoms. The highest BCUT2D eigenvalue weighted by atomic mass is 35.5. The van der Waals surface area contributed by atoms with Crippen molar-refractivity contribution in [3.8, 4) is 0 Å². The van der Waals surface area contributed by atoms with Gasteiger partial charge in [-0.25, -0.2) is 17.6 Å². The van der Waals surface area contributed by atoms with Gasteiger partial charge in [0.05, 0.1) is 0 Å². The third kappa shape index (κ3) is 5.26. The van der Waals surface area contributed by atoms with E-state index < -0.39 is 34.9 Å². The van der Waals surface area contributed by atoms with Crippen molar-refractivity contribution in [1.82, 2.24) is 0 Å². The minimum absolute atomic E-state index is 0.0556. The number of aliphatic carboxylic acids is 1. The maximum Gasteiger partial charge on any atom is 0.315 e. The minimum Gasteiger partial charge on any atom is -0.481 e. The van der Waals surface area contributed by atoms with Crippen LogP contribution in [0.1, 0.15) is 40.5 Å². The standard InChI is InChI=1S/C6H9ClF2O.C6H10F2O2/c1-3-6(2,4(7)10)5(8)9;1-3-6(2,4(7)8)5(9)10/h5H,3H2,1-2H3;4H,3H2,1-2H3,(H,9,10). The van der Waals surface area contributed by atoms with Crippen LogP contribution < -0.4 is 0 Å². The number of carboxylic acids is 1. The van der Waals surface area contributed by atoms with E-state index in [0.29, 0.717) is 0 Å². The quantitative estimate of drug-likeness (QED) is 0.589. The van der Waals surface area contributed by atoms with E-state index in [0.717, 1.165) is 13.8 Å². The van der Waals surface area contributed by atoms with E-state index in [1.54, 1.807) is 0 Å². The molecule has 0 fully saturated rings. The van der Waals surface area contributed by atoms with Gasteiger partial charge in [0.2, 0.25) is 5.24 Å². The molecule has 0 rings (SSSR count).